The number of ether oxygens (including phenoxy) is 4. The van der Waals surface area contributed by atoms with Crippen molar-refractivity contribution in [3.63, 3.8) is 0 Å². The Labute approximate surface area is 192 Å². The third kappa shape index (κ3) is 7.40. The van der Waals surface area contributed by atoms with Crippen molar-refractivity contribution in [2.24, 2.45) is 22.7 Å². The molecule has 0 atom stereocenters. The fourth-order valence-electron chi connectivity index (χ4n) is 6.88. The summed E-state index contributed by atoms with van der Waals surface area (Å²) in [5.74, 6) is 1.56. The number of hydrogen-bond acceptors (Lipinski definition) is 6. The smallest absolute Gasteiger partial charge is 0.220 e. The van der Waals surface area contributed by atoms with E-state index in [1.165, 1.54) is 6.42 Å². The van der Waals surface area contributed by atoms with E-state index in [0.29, 0.717) is 77.4 Å². The zero-order valence-electron chi connectivity index (χ0n) is 19.9. The summed E-state index contributed by atoms with van der Waals surface area (Å²) in [7, 11) is 3.29. The normalized spacial score (nSPS) is 30.4. The third-order valence-electron chi connectivity index (χ3n) is 7.38. The van der Waals surface area contributed by atoms with Crippen LogP contribution in [0.4, 0.5) is 0 Å². The van der Waals surface area contributed by atoms with Crippen LogP contribution in [0, 0.1) is 22.7 Å². The van der Waals surface area contributed by atoms with Crippen molar-refractivity contribution in [3.8, 4) is 0 Å². The van der Waals surface area contributed by atoms with Crippen molar-refractivity contribution in [2.45, 2.75) is 51.4 Å². The highest BCUT2D eigenvalue weighted by Crippen LogP contribution is 2.67. The standard InChI is InChI=1S/C24H42N2O6/c1-29-7-9-31-5-3-25-21(27)16-23-12-19-11-20(13-23)15-24(14-19,18-23)17-22(28)26-4-6-32-10-8-30-2/h19-20H,3-18H2,1-2H3,(H,25,27)(H,26,28). The van der Waals surface area contributed by atoms with Crippen molar-refractivity contribution in [3.05, 3.63) is 0 Å². The number of carbonyl (C=O) groups excluding carboxylic acids is 2. The minimum absolute atomic E-state index is 0.0641. The van der Waals surface area contributed by atoms with Gasteiger partial charge in [0.1, 0.15) is 0 Å². The van der Waals surface area contributed by atoms with Crippen LogP contribution in [0.5, 0.6) is 0 Å². The molecule has 2 N–H and O–H groups in total. The molecule has 0 aliphatic heterocycles. The molecule has 32 heavy (non-hydrogen) atoms. The van der Waals surface area contributed by atoms with Crippen LogP contribution in [-0.4, -0.2) is 78.8 Å². The summed E-state index contributed by atoms with van der Waals surface area (Å²) in [6.07, 6.45) is 7.98. The SMILES string of the molecule is COCCOCCNC(=O)CC12CC3CC(C1)CC(CC(=O)NCCOCCOC)(C3)C2. The van der Waals surface area contributed by atoms with E-state index in [-0.39, 0.29) is 22.6 Å². The first-order valence-corrected chi connectivity index (χ1v) is 12.1. The summed E-state index contributed by atoms with van der Waals surface area (Å²) >= 11 is 0. The summed E-state index contributed by atoms with van der Waals surface area (Å²) in [6.45, 7) is 4.30. The lowest BCUT2D eigenvalue weighted by atomic mass is 9.43. The molecule has 0 spiro atoms. The molecule has 4 fully saturated rings. The molecule has 184 valence electrons. The van der Waals surface area contributed by atoms with Crippen LogP contribution in [0.1, 0.15) is 51.4 Å². The molecule has 0 radical (unpaired) electrons. The van der Waals surface area contributed by atoms with Crippen molar-refractivity contribution < 1.29 is 28.5 Å². The number of rotatable bonds is 16. The zero-order valence-corrected chi connectivity index (χ0v) is 19.9. The van der Waals surface area contributed by atoms with Gasteiger partial charge >= 0.3 is 0 Å². The molecule has 0 heterocycles. The summed E-state index contributed by atoms with van der Waals surface area (Å²) in [6, 6.07) is 0. The molecule has 0 saturated heterocycles. The third-order valence-corrected chi connectivity index (χ3v) is 7.38. The van der Waals surface area contributed by atoms with Crippen molar-refractivity contribution in [2.75, 3.05) is 67.0 Å². The first kappa shape index (κ1) is 25.4. The summed E-state index contributed by atoms with van der Waals surface area (Å²) in [4.78, 5) is 25.4. The Morgan fingerprint density at radius 3 is 1.56 bits per heavy atom. The minimum Gasteiger partial charge on any atom is -0.382 e. The van der Waals surface area contributed by atoms with Gasteiger partial charge in [-0.05, 0) is 61.2 Å². The fraction of sp³-hybridized carbons (Fsp3) is 0.917. The van der Waals surface area contributed by atoms with Crippen LogP contribution in [0.2, 0.25) is 0 Å². The molecule has 0 aromatic rings. The monoisotopic (exact) mass is 454 g/mol. The molecule has 2 amide bonds. The van der Waals surface area contributed by atoms with Gasteiger partial charge in [0, 0.05) is 40.2 Å². The van der Waals surface area contributed by atoms with Gasteiger partial charge in [-0.3, -0.25) is 9.59 Å². The first-order chi connectivity index (χ1) is 15.5. The van der Waals surface area contributed by atoms with Crippen LogP contribution >= 0.6 is 0 Å². The maximum absolute atomic E-state index is 12.7. The topological polar surface area (TPSA) is 95.1 Å². The molecule has 4 aliphatic carbocycles. The fourth-order valence-corrected chi connectivity index (χ4v) is 6.88. The predicted octanol–water partition coefficient (Wildman–Crippen LogP) is 1.91. The number of amides is 2. The van der Waals surface area contributed by atoms with E-state index in [2.05, 4.69) is 10.6 Å². The van der Waals surface area contributed by atoms with E-state index in [9.17, 15) is 9.59 Å². The predicted molar refractivity (Wildman–Crippen MR) is 120 cm³/mol. The van der Waals surface area contributed by atoms with E-state index >= 15 is 0 Å². The van der Waals surface area contributed by atoms with Crippen LogP contribution in [0.3, 0.4) is 0 Å². The molecule has 4 bridgehead atoms. The van der Waals surface area contributed by atoms with Crippen molar-refractivity contribution in [1.82, 2.24) is 10.6 Å². The average molecular weight is 455 g/mol. The van der Waals surface area contributed by atoms with Crippen LogP contribution in [-0.2, 0) is 28.5 Å². The van der Waals surface area contributed by atoms with Gasteiger partial charge in [-0.15, -0.1) is 0 Å². The summed E-state index contributed by atoms with van der Waals surface area (Å²) < 4.78 is 20.8. The van der Waals surface area contributed by atoms with Gasteiger partial charge in [0.25, 0.3) is 0 Å². The van der Waals surface area contributed by atoms with Gasteiger partial charge in [-0.2, -0.15) is 0 Å². The van der Waals surface area contributed by atoms with Gasteiger partial charge in [-0.1, -0.05) is 0 Å². The lowest BCUT2D eigenvalue weighted by molar-refractivity contribution is -0.146. The second-order valence-electron chi connectivity index (χ2n) is 10.2. The summed E-state index contributed by atoms with van der Waals surface area (Å²) in [5.41, 5.74) is 0.128. The Bertz CT molecular complexity index is 551. The lowest BCUT2D eigenvalue weighted by Crippen LogP contribution is -2.54. The molecular weight excluding hydrogens is 412 g/mol. The summed E-state index contributed by atoms with van der Waals surface area (Å²) in [5, 5.41) is 6.06. The van der Waals surface area contributed by atoms with Gasteiger partial charge in [-0.25, -0.2) is 0 Å². The minimum atomic E-state index is 0.0641. The van der Waals surface area contributed by atoms with Gasteiger partial charge < -0.3 is 29.6 Å². The molecule has 8 heteroatoms. The quantitative estimate of drug-likeness (QED) is 0.346. The highest BCUT2D eigenvalue weighted by molar-refractivity contribution is 5.77. The highest BCUT2D eigenvalue weighted by Gasteiger charge is 2.58. The van der Waals surface area contributed by atoms with Crippen LogP contribution < -0.4 is 10.6 Å². The Balaban J connectivity index is 1.44. The van der Waals surface area contributed by atoms with E-state index in [1.54, 1.807) is 14.2 Å². The average Bonchev–Trinajstić information content (AvgIpc) is 2.71. The largest absolute Gasteiger partial charge is 0.382 e. The van der Waals surface area contributed by atoms with Crippen molar-refractivity contribution >= 4 is 11.8 Å². The second kappa shape index (κ2) is 12.3. The molecular formula is C24H42N2O6. The Kier molecular flexibility index (Phi) is 9.77. The lowest BCUT2D eigenvalue weighted by Gasteiger charge is -2.62. The van der Waals surface area contributed by atoms with Gasteiger partial charge in [0.05, 0.1) is 39.6 Å². The Morgan fingerprint density at radius 1 is 0.719 bits per heavy atom. The van der Waals surface area contributed by atoms with Gasteiger partial charge in [0.2, 0.25) is 11.8 Å². The second-order valence-corrected chi connectivity index (χ2v) is 10.2. The number of carbonyl (C=O) groups is 2. The molecule has 4 rings (SSSR count). The maximum atomic E-state index is 12.7. The Morgan fingerprint density at radius 2 is 1.16 bits per heavy atom. The molecule has 8 nitrogen and oxygen atoms in total. The molecule has 0 aromatic carbocycles. The number of nitrogens with one attached hydrogen (secondary N) is 2. The van der Waals surface area contributed by atoms with Gasteiger partial charge in [0.15, 0.2) is 0 Å². The highest BCUT2D eigenvalue weighted by atomic mass is 16.5. The molecule has 4 saturated carbocycles. The van der Waals surface area contributed by atoms with E-state index in [1.807, 2.05) is 0 Å². The van der Waals surface area contributed by atoms with Crippen LogP contribution in [0.25, 0.3) is 0 Å². The number of methoxy groups -OCH3 is 2. The van der Waals surface area contributed by atoms with Crippen molar-refractivity contribution in [1.29, 1.82) is 0 Å². The maximum Gasteiger partial charge on any atom is 0.220 e. The molecule has 4 aliphatic rings. The first-order valence-electron chi connectivity index (χ1n) is 12.1. The van der Waals surface area contributed by atoms with E-state index in [4.69, 9.17) is 18.9 Å². The zero-order chi connectivity index (χ0) is 22.9. The molecule has 0 aromatic heterocycles. The molecule has 0 unspecified atom stereocenters. The van der Waals surface area contributed by atoms with E-state index < -0.39 is 0 Å². The number of hydrogen-bond donors (Lipinski definition) is 2. The van der Waals surface area contributed by atoms with Crippen LogP contribution in [0.15, 0.2) is 0 Å². The van der Waals surface area contributed by atoms with E-state index in [0.717, 1.165) is 32.1 Å². The Hall–Kier alpha value is -1.22.